The lowest BCUT2D eigenvalue weighted by atomic mass is 10.2. The van der Waals surface area contributed by atoms with Crippen LogP contribution in [-0.2, 0) is 17.5 Å². The maximum Gasteiger partial charge on any atom is 0.417 e. The SMILES string of the molecule is COCc1ccc(C(=O)N2CCCN(c3ccc(C(F)(F)F)cn3)CC2)o1. The highest BCUT2D eigenvalue weighted by Gasteiger charge is 2.31. The van der Waals surface area contributed by atoms with Crippen LogP contribution >= 0.6 is 0 Å². The molecular weight excluding hydrogens is 363 g/mol. The van der Waals surface area contributed by atoms with Gasteiger partial charge in [-0.15, -0.1) is 0 Å². The zero-order valence-electron chi connectivity index (χ0n) is 14.8. The number of alkyl halides is 3. The van der Waals surface area contributed by atoms with E-state index >= 15 is 0 Å². The highest BCUT2D eigenvalue weighted by atomic mass is 19.4. The zero-order chi connectivity index (χ0) is 19.4. The lowest BCUT2D eigenvalue weighted by Crippen LogP contribution is -2.35. The van der Waals surface area contributed by atoms with Gasteiger partial charge in [-0.05, 0) is 30.7 Å². The van der Waals surface area contributed by atoms with Crippen molar-refractivity contribution >= 4 is 11.7 Å². The van der Waals surface area contributed by atoms with Crippen molar-refractivity contribution in [2.24, 2.45) is 0 Å². The Labute approximate surface area is 154 Å². The highest BCUT2D eigenvalue weighted by molar-refractivity contribution is 5.91. The summed E-state index contributed by atoms with van der Waals surface area (Å²) in [4.78, 5) is 20.1. The Morgan fingerprint density at radius 1 is 1.19 bits per heavy atom. The molecule has 0 saturated carbocycles. The van der Waals surface area contributed by atoms with Gasteiger partial charge < -0.3 is 19.0 Å². The second kappa shape index (κ2) is 7.99. The number of hydrogen-bond acceptors (Lipinski definition) is 5. The molecule has 1 fully saturated rings. The molecule has 27 heavy (non-hydrogen) atoms. The summed E-state index contributed by atoms with van der Waals surface area (Å²) in [7, 11) is 1.54. The molecule has 1 aliphatic heterocycles. The van der Waals surface area contributed by atoms with Crippen LogP contribution in [0.3, 0.4) is 0 Å². The minimum Gasteiger partial charge on any atom is -0.453 e. The van der Waals surface area contributed by atoms with Crippen LogP contribution in [0.4, 0.5) is 19.0 Å². The molecule has 6 nitrogen and oxygen atoms in total. The largest absolute Gasteiger partial charge is 0.453 e. The molecule has 0 unspecified atom stereocenters. The van der Waals surface area contributed by atoms with Gasteiger partial charge in [0.1, 0.15) is 18.2 Å². The summed E-state index contributed by atoms with van der Waals surface area (Å²) < 4.78 is 48.5. The van der Waals surface area contributed by atoms with Gasteiger partial charge in [0.05, 0.1) is 5.56 Å². The van der Waals surface area contributed by atoms with E-state index in [1.54, 1.807) is 24.1 Å². The van der Waals surface area contributed by atoms with Gasteiger partial charge in [0.2, 0.25) is 0 Å². The molecule has 0 aliphatic carbocycles. The molecule has 2 aromatic rings. The number of furan rings is 1. The summed E-state index contributed by atoms with van der Waals surface area (Å²) in [6.07, 6.45) is -2.89. The number of hydrogen-bond donors (Lipinski definition) is 0. The van der Waals surface area contributed by atoms with Crippen molar-refractivity contribution in [2.45, 2.75) is 19.2 Å². The summed E-state index contributed by atoms with van der Waals surface area (Å²) in [5.41, 5.74) is -0.775. The van der Waals surface area contributed by atoms with Crippen molar-refractivity contribution in [2.75, 3.05) is 38.2 Å². The van der Waals surface area contributed by atoms with E-state index < -0.39 is 11.7 Å². The van der Waals surface area contributed by atoms with Crippen molar-refractivity contribution in [3.05, 3.63) is 47.5 Å². The minimum atomic E-state index is -4.40. The Kier molecular flexibility index (Phi) is 5.69. The van der Waals surface area contributed by atoms with Crippen LogP contribution in [0.1, 0.15) is 28.3 Å². The van der Waals surface area contributed by atoms with E-state index in [0.29, 0.717) is 50.8 Å². The van der Waals surface area contributed by atoms with Gasteiger partial charge in [0.25, 0.3) is 5.91 Å². The first-order valence-electron chi connectivity index (χ1n) is 8.53. The predicted molar refractivity (Wildman–Crippen MR) is 91.4 cm³/mol. The lowest BCUT2D eigenvalue weighted by Gasteiger charge is -2.22. The van der Waals surface area contributed by atoms with Crippen molar-refractivity contribution < 1.29 is 27.1 Å². The normalized spacial score (nSPS) is 15.7. The van der Waals surface area contributed by atoms with E-state index in [-0.39, 0.29) is 11.7 Å². The minimum absolute atomic E-state index is 0.209. The highest BCUT2D eigenvalue weighted by Crippen LogP contribution is 2.29. The lowest BCUT2D eigenvalue weighted by molar-refractivity contribution is -0.137. The molecule has 0 N–H and O–H groups in total. The summed E-state index contributed by atoms with van der Waals surface area (Å²) in [5, 5.41) is 0. The molecule has 3 heterocycles. The first kappa shape index (κ1) is 19.2. The number of aromatic nitrogens is 1. The second-order valence-corrected chi connectivity index (χ2v) is 6.23. The maximum atomic E-state index is 12.7. The number of amides is 1. The Morgan fingerprint density at radius 2 is 2.00 bits per heavy atom. The fourth-order valence-electron chi connectivity index (χ4n) is 2.96. The van der Waals surface area contributed by atoms with Gasteiger partial charge in [-0.3, -0.25) is 4.79 Å². The van der Waals surface area contributed by atoms with Crippen molar-refractivity contribution in [1.29, 1.82) is 0 Å². The molecular formula is C18H20F3N3O3. The molecule has 0 atom stereocenters. The molecule has 3 rings (SSSR count). The number of carbonyl (C=O) groups is 1. The average Bonchev–Trinajstić information content (AvgIpc) is 2.96. The quantitative estimate of drug-likeness (QED) is 0.812. The number of rotatable bonds is 4. The Balaban J connectivity index is 1.63. The van der Waals surface area contributed by atoms with E-state index in [2.05, 4.69) is 4.98 Å². The van der Waals surface area contributed by atoms with Crippen LogP contribution in [0.25, 0.3) is 0 Å². The molecule has 1 saturated heterocycles. The number of methoxy groups -OCH3 is 1. The molecule has 0 spiro atoms. The van der Waals surface area contributed by atoms with Crippen molar-refractivity contribution in [1.82, 2.24) is 9.88 Å². The smallest absolute Gasteiger partial charge is 0.417 e. The molecule has 0 bridgehead atoms. The van der Waals surface area contributed by atoms with Gasteiger partial charge in [-0.25, -0.2) is 4.98 Å². The molecule has 1 amide bonds. The van der Waals surface area contributed by atoms with Gasteiger partial charge in [-0.1, -0.05) is 0 Å². The molecule has 1 aliphatic rings. The van der Waals surface area contributed by atoms with Crippen molar-refractivity contribution in [3.63, 3.8) is 0 Å². The predicted octanol–water partition coefficient (Wildman–Crippen LogP) is 3.19. The molecule has 2 aromatic heterocycles. The molecule has 0 aromatic carbocycles. The van der Waals surface area contributed by atoms with Crippen LogP contribution in [0.5, 0.6) is 0 Å². The maximum absolute atomic E-state index is 12.7. The first-order chi connectivity index (χ1) is 12.9. The standard InChI is InChI=1S/C18H20F3N3O3/c1-26-12-14-4-5-15(27-14)17(25)24-8-2-7-23(9-10-24)16-6-3-13(11-22-16)18(19,20)21/h3-6,11H,2,7-10,12H2,1H3. The van der Waals surface area contributed by atoms with Crippen molar-refractivity contribution in [3.8, 4) is 0 Å². The van der Waals surface area contributed by atoms with Crippen LogP contribution in [0.15, 0.2) is 34.9 Å². The monoisotopic (exact) mass is 383 g/mol. The summed E-state index contributed by atoms with van der Waals surface area (Å²) >= 11 is 0. The second-order valence-electron chi connectivity index (χ2n) is 6.23. The van der Waals surface area contributed by atoms with Gasteiger partial charge in [0, 0.05) is 39.5 Å². The average molecular weight is 383 g/mol. The fraction of sp³-hybridized carbons (Fsp3) is 0.444. The number of anilines is 1. The van der Waals surface area contributed by atoms with Crippen LogP contribution in [0.2, 0.25) is 0 Å². The Hall–Kier alpha value is -2.55. The summed E-state index contributed by atoms with van der Waals surface area (Å²) in [6, 6.07) is 5.71. The summed E-state index contributed by atoms with van der Waals surface area (Å²) in [5.74, 6) is 1.09. The Morgan fingerprint density at radius 3 is 2.67 bits per heavy atom. The number of ether oxygens (including phenoxy) is 1. The van der Waals surface area contributed by atoms with E-state index in [4.69, 9.17) is 9.15 Å². The number of carbonyl (C=O) groups excluding carboxylic acids is 1. The van der Waals surface area contributed by atoms with E-state index in [1.807, 2.05) is 4.90 Å². The first-order valence-corrected chi connectivity index (χ1v) is 8.53. The van der Waals surface area contributed by atoms with Gasteiger partial charge in [0.15, 0.2) is 5.76 Å². The third-order valence-electron chi connectivity index (χ3n) is 4.34. The number of halogens is 3. The topological polar surface area (TPSA) is 58.8 Å². The third kappa shape index (κ3) is 4.60. The van der Waals surface area contributed by atoms with E-state index in [9.17, 15) is 18.0 Å². The van der Waals surface area contributed by atoms with Gasteiger partial charge >= 0.3 is 6.18 Å². The number of nitrogens with zero attached hydrogens (tertiary/aromatic N) is 3. The van der Waals surface area contributed by atoms with Crippen LogP contribution < -0.4 is 4.90 Å². The van der Waals surface area contributed by atoms with Crippen LogP contribution in [-0.4, -0.2) is 49.1 Å². The van der Waals surface area contributed by atoms with Gasteiger partial charge in [-0.2, -0.15) is 13.2 Å². The molecule has 9 heteroatoms. The fourth-order valence-corrected chi connectivity index (χ4v) is 2.96. The van der Waals surface area contributed by atoms with E-state index in [0.717, 1.165) is 12.3 Å². The number of pyridine rings is 1. The van der Waals surface area contributed by atoms with E-state index in [1.165, 1.54) is 6.07 Å². The third-order valence-corrected chi connectivity index (χ3v) is 4.34. The summed E-state index contributed by atoms with van der Waals surface area (Å²) in [6.45, 7) is 2.35. The Bertz CT molecular complexity index is 774. The molecule has 0 radical (unpaired) electrons. The molecule has 146 valence electrons. The van der Waals surface area contributed by atoms with Crippen LogP contribution in [0, 0.1) is 0 Å². The zero-order valence-corrected chi connectivity index (χ0v) is 14.8.